The smallest absolute Gasteiger partial charge is 0.227 e. The Bertz CT molecular complexity index is 3070. The van der Waals surface area contributed by atoms with Gasteiger partial charge in [0.25, 0.3) is 0 Å². The average Bonchev–Trinajstić information content (AvgIpc) is 3.72. The van der Waals surface area contributed by atoms with E-state index in [0.29, 0.717) is 5.89 Å². The molecule has 52 heavy (non-hydrogen) atoms. The molecule has 9 aromatic carbocycles. The summed E-state index contributed by atoms with van der Waals surface area (Å²) >= 11 is 0. The second kappa shape index (κ2) is 10.7. The van der Waals surface area contributed by atoms with Crippen molar-refractivity contribution < 1.29 is 4.42 Å². The van der Waals surface area contributed by atoms with E-state index in [1.165, 1.54) is 87.6 Å². The maximum Gasteiger partial charge on any atom is 0.227 e. The molecule has 1 aliphatic rings. The summed E-state index contributed by atoms with van der Waals surface area (Å²) in [5.41, 5.74) is 12.7. The molecule has 10 aromatic rings. The van der Waals surface area contributed by atoms with Crippen LogP contribution in [-0.2, 0) is 5.41 Å². The van der Waals surface area contributed by atoms with Crippen molar-refractivity contribution in [1.82, 2.24) is 4.98 Å². The maximum atomic E-state index is 6.37. The number of rotatable bonds is 3. The van der Waals surface area contributed by atoms with Gasteiger partial charge < -0.3 is 4.42 Å². The van der Waals surface area contributed by atoms with Crippen LogP contribution in [0.1, 0.15) is 25.0 Å². The zero-order valence-corrected chi connectivity index (χ0v) is 28.9. The van der Waals surface area contributed by atoms with Crippen molar-refractivity contribution >= 4 is 54.2 Å². The van der Waals surface area contributed by atoms with Gasteiger partial charge in [-0.2, -0.15) is 0 Å². The molecule has 1 heterocycles. The lowest BCUT2D eigenvalue weighted by atomic mass is 9.79. The van der Waals surface area contributed by atoms with Crippen molar-refractivity contribution in [2.45, 2.75) is 19.3 Å². The van der Waals surface area contributed by atoms with E-state index in [2.05, 4.69) is 153 Å². The Morgan fingerprint density at radius 1 is 0.423 bits per heavy atom. The first-order chi connectivity index (χ1) is 25.5. The van der Waals surface area contributed by atoms with Crippen LogP contribution in [0.3, 0.4) is 0 Å². The molecule has 0 aliphatic heterocycles. The van der Waals surface area contributed by atoms with Gasteiger partial charge in [0, 0.05) is 11.0 Å². The summed E-state index contributed by atoms with van der Waals surface area (Å²) < 4.78 is 6.37. The molecular weight excluding hydrogens is 631 g/mol. The van der Waals surface area contributed by atoms with Crippen LogP contribution in [-0.4, -0.2) is 4.98 Å². The number of hydrogen-bond donors (Lipinski definition) is 0. The van der Waals surface area contributed by atoms with E-state index in [-0.39, 0.29) is 5.41 Å². The second-order valence-corrected chi connectivity index (χ2v) is 14.7. The van der Waals surface area contributed by atoms with Crippen molar-refractivity contribution in [1.29, 1.82) is 0 Å². The van der Waals surface area contributed by atoms with Crippen LogP contribution in [0.25, 0.3) is 99.0 Å². The Labute approximate surface area is 301 Å². The Balaban J connectivity index is 1.32. The highest BCUT2D eigenvalue weighted by Gasteiger charge is 2.36. The zero-order valence-electron chi connectivity index (χ0n) is 28.9. The molecular formula is C50H33NO. The van der Waals surface area contributed by atoms with Gasteiger partial charge in [0.1, 0.15) is 5.52 Å². The van der Waals surface area contributed by atoms with E-state index in [1.54, 1.807) is 0 Å². The Kier molecular flexibility index (Phi) is 6.04. The first-order valence-electron chi connectivity index (χ1n) is 18.0. The first-order valence-corrected chi connectivity index (χ1v) is 18.0. The van der Waals surface area contributed by atoms with Gasteiger partial charge in [-0.3, -0.25) is 0 Å². The van der Waals surface area contributed by atoms with Gasteiger partial charge >= 0.3 is 0 Å². The lowest BCUT2D eigenvalue weighted by molar-refractivity contribution is 0.620. The molecule has 0 fully saturated rings. The first kappa shape index (κ1) is 29.2. The zero-order chi connectivity index (χ0) is 34.6. The predicted octanol–water partition coefficient (Wildman–Crippen LogP) is 13.7. The van der Waals surface area contributed by atoms with Crippen LogP contribution in [0.15, 0.2) is 168 Å². The van der Waals surface area contributed by atoms with E-state index in [0.717, 1.165) is 16.7 Å². The van der Waals surface area contributed by atoms with Crippen LogP contribution in [0, 0.1) is 0 Å². The average molecular weight is 664 g/mol. The Morgan fingerprint density at radius 3 is 1.73 bits per heavy atom. The van der Waals surface area contributed by atoms with E-state index in [9.17, 15) is 0 Å². The van der Waals surface area contributed by atoms with Crippen LogP contribution in [0.5, 0.6) is 0 Å². The van der Waals surface area contributed by atoms with Crippen LogP contribution in [0.4, 0.5) is 0 Å². The number of fused-ring (bicyclic) bond motifs is 8. The number of benzene rings is 9. The topological polar surface area (TPSA) is 26.0 Å². The quantitative estimate of drug-likeness (QED) is 0.176. The van der Waals surface area contributed by atoms with E-state index in [4.69, 9.17) is 9.40 Å². The SMILES string of the molecule is CC1(C)c2ccccc2-c2cc3c(-c4ccc5ccccc5c4)c4ccc(-c5nc6ccccc6o5)cc4c(-c4ccc5ccccc5c4)c3cc21. The molecule has 1 aliphatic carbocycles. The summed E-state index contributed by atoms with van der Waals surface area (Å²) in [5, 5.41) is 9.82. The van der Waals surface area contributed by atoms with Crippen molar-refractivity contribution in [3.8, 4) is 44.8 Å². The van der Waals surface area contributed by atoms with Crippen LogP contribution < -0.4 is 0 Å². The molecule has 0 saturated carbocycles. The minimum Gasteiger partial charge on any atom is -0.436 e. The number of hydrogen-bond acceptors (Lipinski definition) is 2. The summed E-state index contributed by atoms with van der Waals surface area (Å²) in [6.07, 6.45) is 0. The molecule has 0 radical (unpaired) electrons. The second-order valence-electron chi connectivity index (χ2n) is 14.7. The predicted molar refractivity (Wildman–Crippen MR) is 218 cm³/mol. The van der Waals surface area contributed by atoms with Gasteiger partial charge in [-0.1, -0.05) is 129 Å². The molecule has 0 amide bonds. The fraction of sp³-hybridized carbons (Fsp3) is 0.0600. The minimum absolute atomic E-state index is 0.140. The van der Waals surface area contributed by atoms with Gasteiger partial charge in [0.15, 0.2) is 5.58 Å². The summed E-state index contributed by atoms with van der Waals surface area (Å²) in [6.45, 7) is 4.74. The van der Waals surface area contributed by atoms with Gasteiger partial charge in [-0.25, -0.2) is 4.98 Å². The molecule has 2 heteroatoms. The van der Waals surface area contributed by atoms with Crippen molar-refractivity contribution in [2.24, 2.45) is 0 Å². The fourth-order valence-corrected chi connectivity index (χ4v) is 8.86. The summed E-state index contributed by atoms with van der Waals surface area (Å²) in [4.78, 5) is 4.93. The highest BCUT2D eigenvalue weighted by Crippen LogP contribution is 2.53. The molecule has 0 N–H and O–H groups in total. The molecule has 0 atom stereocenters. The standard InChI is InChI=1S/C50H33NO/c1-50(2)43-16-8-7-15-37(43)39-28-41-42(29-44(39)50)48(35-22-20-31-12-4-6-14-33(31)26-35)40-27-36(49-51-45-17-9-10-18-46(45)52-49)23-24-38(40)47(41)34-21-19-30-11-3-5-13-32(30)25-34/h3-29H,1-2H3. The number of oxazole rings is 1. The number of aromatic nitrogens is 1. The molecule has 2 nitrogen and oxygen atoms in total. The van der Waals surface area contributed by atoms with E-state index in [1.807, 2.05) is 24.3 Å². The van der Waals surface area contributed by atoms with Crippen molar-refractivity contribution in [3.63, 3.8) is 0 Å². The third kappa shape index (κ3) is 4.21. The summed E-state index contributed by atoms with van der Waals surface area (Å²) in [7, 11) is 0. The van der Waals surface area contributed by atoms with Gasteiger partial charge in [-0.15, -0.1) is 0 Å². The third-order valence-corrected chi connectivity index (χ3v) is 11.4. The third-order valence-electron chi connectivity index (χ3n) is 11.4. The lowest BCUT2D eigenvalue weighted by Gasteiger charge is -2.24. The van der Waals surface area contributed by atoms with Crippen molar-refractivity contribution in [3.05, 3.63) is 175 Å². The molecule has 0 unspecified atom stereocenters. The Morgan fingerprint density at radius 2 is 1.00 bits per heavy atom. The van der Waals surface area contributed by atoms with Crippen LogP contribution >= 0.6 is 0 Å². The van der Waals surface area contributed by atoms with Crippen LogP contribution in [0.2, 0.25) is 0 Å². The van der Waals surface area contributed by atoms with E-state index >= 15 is 0 Å². The number of para-hydroxylation sites is 2. The molecule has 1 aromatic heterocycles. The Hall–Kier alpha value is -6.51. The highest BCUT2D eigenvalue weighted by molar-refractivity contribution is 6.23. The highest BCUT2D eigenvalue weighted by atomic mass is 16.3. The molecule has 0 bridgehead atoms. The molecule has 0 spiro atoms. The summed E-state index contributed by atoms with van der Waals surface area (Å²) in [5.74, 6) is 0.630. The number of nitrogens with zero attached hydrogens (tertiary/aromatic N) is 1. The molecule has 11 rings (SSSR count). The van der Waals surface area contributed by atoms with E-state index < -0.39 is 0 Å². The minimum atomic E-state index is -0.140. The molecule has 0 saturated heterocycles. The summed E-state index contributed by atoms with van der Waals surface area (Å²) in [6, 6.07) is 59.8. The fourth-order valence-electron chi connectivity index (χ4n) is 8.86. The lowest BCUT2D eigenvalue weighted by Crippen LogP contribution is -2.14. The maximum absolute atomic E-state index is 6.37. The van der Waals surface area contributed by atoms with Crippen molar-refractivity contribution in [2.75, 3.05) is 0 Å². The van der Waals surface area contributed by atoms with Gasteiger partial charge in [-0.05, 0) is 136 Å². The largest absolute Gasteiger partial charge is 0.436 e. The monoisotopic (exact) mass is 663 g/mol. The molecule has 244 valence electrons. The normalized spacial score (nSPS) is 13.3. The van der Waals surface area contributed by atoms with Gasteiger partial charge in [0.2, 0.25) is 5.89 Å². The van der Waals surface area contributed by atoms with Gasteiger partial charge in [0.05, 0.1) is 0 Å².